The second kappa shape index (κ2) is 7.17. The van der Waals surface area contributed by atoms with Crippen molar-refractivity contribution in [2.45, 2.75) is 0 Å². The van der Waals surface area contributed by atoms with Crippen LogP contribution in [0.25, 0.3) is 55.1 Å². The monoisotopic (exact) mass is 415 g/mol. The van der Waals surface area contributed by atoms with Gasteiger partial charge in [0.2, 0.25) is 0 Å². The van der Waals surface area contributed by atoms with Gasteiger partial charge in [-0.1, -0.05) is 91.0 Å². The lowest BCUT2D eigenvalue weighted by atomic mass is 9.94. The molecule has 0 saturated heterocycles. The fourth-order valence-electron chi connectivity index (χ4n) is 4.73. The van der Waals surface area contributed by atoms with Crippen molar-refractivity contribution in [3.8, 4) is 33.5 Å². The molecule has 3 heteroatoms. The maximum absolute atomic E-state index is 14.2. The first-order chi connectivity index (χ1) is 15.7. The van der Waals surface area contributed by atoms with Crippen LogP contribution in [0.15, 0.2) is 108 Å². The highest BCUT2D eigenvalue weighted by molar-refractivity contribution is 6.23. The minimum Gasteiger partial charge on any atom is -0.321 e. The van der Waals surface area contributed by atoms with Crippen LogP contribution in [0, 0.1) is 5.82 Å². The number of nitrogens with one attached hydrogen (secondary N) is 1. The van der Waals surface area contributed by atoms with Gasteiger partial charge in [0.15, 0.2) is 0 Å². The van der Waals surface area contributed by atoms with Crippen molar-refractivity contribution in [2.75, 3.05) is 0 Å². The summed E-state index contributed by atoms with van der Waals surface area (Å²) in [5, 5.41) is 3.23. The van der Waals surface area contributed by atoms with E-state index >= 15 is 0 Å². The molecule has 6 rings (SSSR count). The van der Waals surface area contributed by atoms with Crippen molar-refractivity contribution >= 4 is 21.5 Å². The van der Waals surface area contributed by atoms with Crippen LogP contribution in [-0.4, -0.2) is 4.98 Å². The van der Waals surface area contributed by atoms with Crippen molar-refractivity contribution in [2.24, 2.45) is 0 Å². The molecule has 0 fully saturated rings. The molecule has 0 aromatic heterocycles. The average molecular weight is 415 g/mol. The third kappa shape index (κ3) is 2.75. The number of halogens is 1. The molecule has 1 aliphatic carbocycles. The number of H-pyrrole nitrogens is 1. The Labute approximate surface area is 183 Å². The van der Waals surface area contributed by atoms with Gasteiger partial charge in [-0.25, -0.2) is 4.39 Å². The van der Waals surface area contributed by atoms with Crippen LogP contribution in [0.2, 0.25) is 0 Å². The van der Waals surface area contributed by atoms with Gasteiger partial charge in [-0.2, -0.15) is 0 Å². The molecule has 4 aromatic rings. The largest absolute Gasteiger partial charge is 0.321 e. The molecule has 0 unspecified atom stereocenters. The van der Waals surface area contributed by atoms with Gasteiger partial charge in [-0.15, -0.1) is 0 Å². The van der Waals surface area contributed by atoms with E-state index in [2.05, 4.69) is 29.2 Å². The number of fused-ring (bicyclic) bond motifs is 5. The Morgan fingerprint density at radius 3 is 1.78 bits per heavy atom. The zero-order valence-electron chi connectivity index (χ0n) is 17.1. The maximum Gasteiger partial charge on any atom is 0.256 e. The Kier molecular flexibility index (Phi) is 4.15. The minimum atomic E-state index is -0.430. The number of hydrogen-bond acceptors (Lipinski definition) is 1. The minimum absolute atomic E-state index is 0.308. The van der Waals surface area contributed by atoms with E-state index < -0.39 is 5.82 Å². The van der Waals surface area contributed by atoms with Gasteiger partial charge in [-0.3, -0.25) is 4.79 Å². The van der Waals surface area contributed by atoms with Crippen LogP contribution < -0.4 is 5.56 Å². The van der Waals surface area contributed by atoms with Crippen LogP contribution in [0.1, 0.15) is 0 Å². The first-order valence-corrected chi connectivity index (χ1v) is 10.5. The first kappa shape index (κ1) is 18.5. The van der Waals surface area contributed by atoms with Gasteiger partial charge in [0, 0.05) is 11.1 Å². The molecule has 4 aromatic carbocycles. The predicted octanol–water partition coefficient (Wildman–Crippen LogP) is 7.26. The highest BCUT2D eigenvalue weighted by atomic mass is 19.1. The summed E-state index contributed by atoms with van der Waals surface area (Å²) in [6.45, 7) is 0. The number of hydrogen-bond donors (Lipinski definition) is 1. The molecule has 152 valence electrons. The molecule has 0 saturated carbocycles. The van der Waals surface area contributed by atoms with Gasteiger partial charge in [0.1, 0.15) is 5.82 Å². The molecule has 0 amide bonds. The standard InChI is InChI=1S/C29H18FNO/c30-20-15-16-23-24(17-20)29(32)31-28(19-11-5-2-6-12-19)27-22-14-8-7-13-21(22)25(26(23)27)18-9-3-1-4-10-18/h1-17H,(H,31,32). The fraction of sp³-hybridized carbons (Fsp3) is 0. The molecule has 0 atom stereocenters. The number of aromatic nitrogens is 1. The van der Waals surface area contributed by atoms with E-state index in [9.17, 15) is 9.18 Å². The third-order valence-corrected chi connectivity index (χ3v) is 6.07. The number of aromatic amines is 1. The smallest absolute Gasteiger partial charge is 0.256 e. The average Bonchev–Trinajstić information content (AvgIpc) is 3.12. The molecule has 0 radical (unpaired) electrons. The van der Waals surface area contributed by atoms with Crippen molar-refractivity contribution in [3.05, 3.63) is 119 Å². The summed E-state index contributed by atoms with van der Waals surface area (Å²) >= 11 is 0. The molecular weight excluding hydrogens is 397 g/mol. The van der Waals surface area contributed by atoms with E-state index in [0.29, 0.717) is 5.39 Å². The molecule has 0 bridgehead atoms. The Morgan fingerprint density at radius 1 is 0.531 bits per heavy atom. The van der Waals surface area contributed by atoms with Gasteiger partial charge in [0.25, 0.3) is 5.56 Å². The third-order valence-electron chi connectivity index (χ3n) is 6.07. The Bertz CT molecular complexity index is 1640. The van der Waals surface area contributed by atoms with E-state index in [4.69, 9.17) is 0 Å². The van der Waals surface area contributed by atoms with E-state index in [1.165, 1.54) is 12.1 Å². The van der Waals surface area contributed by atoms with Crippen LogP contribution in [0.5, 0.6) is 0 Å². The Hall–Kier alpha value is -4.24. The molecule has 2 nitrogen and oxygen atoms in total. The molecule has 32 heavy (non-hydrogen) atoms. The zero-order valence-corrected chi connectivity index (χ0v) is 17.1. The first-order valence-electron chi connectivity index (χ1n) is 10.5. The lowest BCUT2D eigenvalue weighted by molar-refractivity contribution is 0.629. The maximum atomic E-state index is 14.2. The molecule has 1 heterocycles. The quantitative estimate of drug-likeness (QED) is 0.317. The van der Waals surface area contributed by atoms with Crippen molar-refractivity contribution in [1.82, 2.24) is 4.98 Å². The summed E-state index contributed by atoms with van der Waals surface area (Å²) < 4.78 is 14.2. The summed E-state index contributed by atoms with van der Waals surface area (Å²) in [5.74, 6) is -0.430. The molecule has 1 aliphatic heterocycles. The van der Waals surface area contributed by atoms with Gasteiger partial charge < -0.3 is 4.98 Å². The van der Waals surface area contributed by atoms with Crippen molar-refractivity contribution in [1.29, 1.82) is 0 Å². The van der Waals surface area contributed by atoms with Crippen LogP contribution >= 0.6 is 0 Å². The molecule has 0 spiro atoms. The summed E-state index contributed by atoms with van der Waals surface area (Å²) in [5.41, 5.74) is 5.36. The van der Waals surface area contributed by atoms with E-state index in [-0.39, 0.29) is 5.56 Å². The second-order valence-electron chi connectivity index (χ2n) is 7.92. The SMILES string of the molecule is O=c1[nH]c(-c2ccccc2)c2c3ccccc3c(-c3ccccc3)c-2c2ccc(F)cc12. The number of rotatable bonds is 2. The van der Waals surface area contributed by atoms with Gasteiger partial charge in [-0.05, 0) is 45.0 Å². The summed E-state index contributed by atoms with van der Waals surface area (Å²) in [6.07, 6.45) is 0. The Morgan fingerprint density at radius 2 is 1.09 bits per heavy atom. The lowest BCUT2D eigenvalue weighted by Crippen LogP contribution is -2.03. The van der Waals surface area contributed by atoms with E-state index in [1.807, 2.05) is 60.7 Å². The van der Waals surface area contributed by atoms with Crippen LogP contribution in [0.4, 0.5) is 4.39 Å². The normalized spacial score (nSPS) is 11.4. The number of benzene rings is 4. The van der Waals surface area contributed by atoms with Crippen molar-refractivity contribution in [3.63, 3.8) is 0 Å². The summed E-state index contributed by atoms with van der Waals surface area (Å²) in [7, 11) is 0. The highest BCUT2D eigenvalue weighted by Gasteiger charge is 2.25. The van der Waals surface area contributed by atoms with E-state index in [1.54, 1.807) is 6.07 Å². The highest BCUT2D eigenvalue weighted by Crippen LogP contribution is 2.50. The van der Waals surface area contributed by atoms with Gasteiger partial charge >= 0.3 is 0 Å². The predicted molar refractivity (Wildman–Crippen MR) is 130 cm³/mol. The van der Waals surface area contributed by atoms with Gasteiger partial charge in [0.05, 0.1) is 11.1 Å². The second-order valence-corrected chi connectivity index (χ2v) is 7.92. The fourth-order valence-corrected chi connectivity index (χ4v) is 4.73. The zero-order chi connectivity index (χ0) is 21.7. The summed E-state index contributed by atoms with van der Waals surface area (Å²) in [4.78, 5) is 16.4. The van der Waals surface area contributed by atoms with E-state index in [0.717, 1.165) is 49.7 Å². The Balaban J connectivity index is 1.93. The topological polar surface area (TPSA) is 32.9 Å². The molecule has 1 N–H and O–H groups in total. The van der Waals surface area contributed by atoms with Crippen LogP contribution in [0.3, 0.4) is 0 Å². The lowest BCUT2D eigenvalue weighted by Gasteiger charge is -2.09. The molecular formula is C29H18FNO. The van der Waals surface area contributed by atoms with Crippen LogP contribution in [-0.2, 0) is 0 Å². The summed E-state index contributed by atoms with van der Waals surface area (Å²) in [6, 6.07) is 32.7. The van der Waals surface area contributed by atoms with Crippen molar-refractivity contribution < 1.29 is 4.39 Å². The molecule has 2 aliphatic rings.